The fourth-order valence-electron chi connectivity index (χ4n) is 2.96. The van der Waals surface area contributed by atoms with E-state index in [4.69, 9.17) is 0 Å². The number of halogens is 3. The van der Waals surface area contributed by atoms with Gasteiger partial charge in [-0.3, -0.25) is 4.79 Å². The lowest BCUT2D eigenvalue weighted by atomic mass is 10.1. The highest BCUT2D eigenvalue weighted by atomic mass is 127. The van der Waals surface area contributed by atoms with Crippen LogP contribution >= 0.6 is 22.6 Å². The zero-order valence-corrected chi connectivity index (χ0v) is 17.4. The number of piperazine rings is 1. The maximum absolute atomic E-state index is 13.9. The summed E-state index contributed by atoms with van der Waals surface area (Å²) in [4.78, 5) is 16.3. The van der Waals surface area contributed by atoms with Crippen LogP contribution in [0, 0.1) is 15.2 Å². The minimum Gasteiger partial charge on any atom is -0.366 e. The van der Waals surface area contributed by atoms with Crippen molar-refractivity contribution in [2.24, 2.45) is 0 Å². The van der Waals surface area contributed by atoms with Gasteiger partial charge in [0, 0.05) is 42.1 Å². The smallest absolute Gasteiger partial charge is 0.255 e. The highest BCUT2D eigenvalue weighted by Crippen LogP contribution is 2.24. The number of carbonyl (C=O) groups excluding carboxylic acids is 1. The van der Waals surface area contributed by atoms with E-state index in [1.807, 2.05) is 22.6 Å². The molecule has 3 rings (SSSR count). The molecule has 0 N–H and O–H groups in total. The van der Waals surface area contributed by atoms with Gasteiger partial charge in [0.1, 0.15) is 11.6 Å². The number of sulfone groups is 1. The van der Waals surface area contributed by atoms with Crippen molar-refractivity contribution < 1.29 is 22.0 Å². The molecule has 0 spiro atoms. The Kier molecular flexibility index (Phi) is 5.71. The first-order chi connectivity index (χ1) is 12.7. The van der Waals surface area contributed by atoms with Crippen molar-refractivity contribution in [2.45, 2.75) is 4.90 Å². The minimum absolute atomic E-state index is 0.0956. The van der Waals surface area contributed by atoms with Crippen molar-refractivity contribution >= 4 is 44.0 Å². The minimum atomic E-state index is -3.41. The number of hydrogen-bond acceptors (Lipinski definition) is 4. The van der Waals surface area contributed by atoms with Crippen molar-refractivity contribution in [3.8, 4) is 0 Å². The summed E-state index contributed by atoms with van der Waals surface area (Å²) in [6.07, 6.45) is 1.10. The topological polar surface area (TPSA) is 57.7 Å². The fraction of sp³-hybridized carbons (Fsp3) is 0.278. The molecule has 0 bridgehead atoms. The standard InChI is InChI=1S/C18H17F2IN2O3S/c1-27(25,26)13-3-4-16(21)14(11-13)18(24)23-8-6-22(7-9-23)17-5-2-12(19)10-15(17)20/h2-5,10-11H,6-9H2,1H3. The number of benzene rings is 2. The SMILES string of the molecule is CS(=O)(=O)c1ccc(I)c(C(=O)N2CCN(c3ccc(F)cc3F)CC2)c1. The average Bonchev–Trinajstić information content (AvgIpc) is 2.61. The first kappa shape index (κ1) is 20.0. The van der Waals surface area contributed by atoms with E-state index in [0.717, 1.165) is 12.3 Å². The molecule has 1 aliphatic rings. The van der Waals surface area contributed by atoms with Gasteiger partial charge in [-0.05, 0) is 52.9 Å². The van der Waals surface area contributed by atoms with Crippen LogP contribution in [0.3, 0.4) is 0 Å². The molecule has 2 aromatic carbocycles. The van der Waals surface area contributed by atoms with Gasteiger partial charge in [0.2, 0.25) is 0 Å². The molecular formula is C18H17F2IN2O3S. The van der Waals surface area contributed by atoms with E-state index >= 15 is 0 Å². The van der Waals surface area contributed by atoms with Crippen LogP contribution < -0.4 is 4.90 Å². The second kappa shape index (κ2) is 7.70. The first-order valence-electron chi connectivity index (χ1n) is 8.15. The summed E-state index contributed by atoms with van der Waals surface area (Å²) in [7, 11) is -3.41. The van der Waals surface area contributed by atoms with E-state index in [-0.39, 0.29) is 10.8 Å². The Morgan fingerprint density at radius 3 is 2.30 bits per heavy atom. The van der Waals surface area contributed by atoms with Crippen LogP contribution in [-0.2, 0) is 9.84 Å². The van der Waals surface area contributed by atoms with E-state index in [2.05, 4.69) is 0 Å². The highest BCUT2D eigenvalue weighted by Gasteiger charge is 2.25. The van der Waals surface area contributed by atoms with E-state index in [9.17, 15) is 22.0 Å². The van der Waals surface area contributed by atoms with Crippen LogP contribution in [-0.4, -0.2) is 51.7 Å². The molecule has 0 unspecified atom stereocenters. The quantitative estimate of drug-likeness (QED) is 0.602. The van der Waals surface area contributed by atoms with E-state index < -0.39 is 21.5 Å². The number of amides is 1. The fourth-order valence-corrected chi connectivity index (χ4v) is 4.17. The lowest BCUT2D eigenvalue weighted by Crippen LogP contribution is -2.49. The van der Waals surface area contributed by atoms with E-state index in [0.29, 0.717) is 41.0 Å². The van der Waals surface area contributed by atoms with Crippen LogP contribution in [0.25, 0.3) is 0 Å². The summed E-state index contributed by atoms with van der Waals surface area (Å²) in [6.45, 7) is 1.51. The third-order valence-electron chi connectivity index (χ3n) is 4.41. The van der Waals surface area contributed by atoms with Gasteiger partial charge in [-0.2, -0.15) is 0 Å². The van der Waals surface area contributed by atoms with Gasteiger partial charge < -0.3 is 9.80 Å². The predicted octanol–water partition coefficient (Wildman–Crippen LogP) is 2.94. The van der Waals surface area contributed by atoms with E-state index in [1.54, 1.807) is 15.9 Å². The molecule has 1 saturated heterocycles. The Bertz CT molecular complexity index is 990. The Morgan fingerprint density at radius 1 is 1.04 bits per heavy atom. The largest absolute Gasteiger partial charge is 0.366 e. The number of anilines is 1. The molecule has 27 heavy (non-hydrogen) atoms. The normalized spacial score (nSPS) is 15.1. The summed E-state index contributed by atoms with van der Waals surface area (Å²) in [5, 5.41) is 0. The van der Waals surface area contributed by atoms with Gasteiger partial charge in [-0.1, -0.05) is 0 Å². The predicted molar refractivity (Wildman–Crippen MR) is 107 cm³/mol. The molecule has 2 aromatic rings. The van der Waals surface area contributed by atoms with Crippen molar-refractivity contribution in [3.05, 3.63) is 57.2 Å². The van der Waals surface area contributed by atoms with Crippen molar-refractivity contribution in [3.63, 3.8) is 0 Å². The lowest BCUT2D eigenvalue weighted by molar-refractivity contribution is 0.0745. The Balaban J connectivity index is 1.75. The first-order valence-corrected chi connectivity index (χ1v) is 11.1. The number of carbonyl (C=O) groups is 1. The Labute approximate surface area is 170 Å². The van der Waals surface area contributed by atoms with Gasteiger partial charge in [-0.25, -0.2) is 17.2 Å². The summed E-state index contributed by atoms with van der Waals surface area (Å²) in [6, 6.07) is 7.91. The molecule has 1 amide bonds. The molecule has 9 heteroatoms. The highest BCUT2D eigenvalue weighted by molar-refractivity contribution is 14.1. The monoisotopic (exact) mass is 506 g/mol. The van der Waals surface area contributed by atoms with Crippen LogP contribution in [0.2, 0.25) is 0 Å². The zero-order chi connectivity index (χ0) is 19.8. The summed E-state index contributed by atoms with van der Waals surface area (Å²) in [5.41, 5.74) is 0.636. The van der Waals surface area contributed by atoms with Gasteiger partial charge in [0.05, 0.1) is 16.1 Å². The summed E-state index contributed by atoms with van der Waals surface area (Å²) in [5.74, 6) is -1.53. The van der Waals surface area contributed by atoms with Crippen LogP contribution in [0.15, 0.2) is 41.3 Å². The molecule has 0 aromatic heterocycles. The lowest BCUT2D eigenvalue weighted by Gasteiger charge is -2.36. The van der Waals surface area contributed by atoms with Gasteiger partial charge in [0.15, 0.2) is 9.84 Å². The Morgan fingerprint density at radius 2 is 1.70 bits per heavy atom. The third-order valence-corrected chi connectivity index (χ3v) is 6.46. The zero-order valence-electron chi connectivity index (χ0n) is 14.5. The molecular weight excluding hydrogens is 489 g/mol. The van der Waals surface area contributed by atoms with Gasteiger partial charge in [0.25, 0.3) is 5.91 Å². The molecule has 0 saturated carbocycles. The van der Waals surface area contributed by atoms with Crippen LogP contribution in [0.1, 0.15) is 10.4 Å². The van der Waals surface area contributed by atoms with Gasteiger partial charge >= 0.3 is 0 Å². The molecule has 0 atom stereocenters. The van der Waals surface area contributed by atoms with Gasteiger partial charge in [-0.15, -0.1) is 0 Å². The maximum atomic E-state index is 13.9. The van der Waals surface area contributed by atoms with Crippen molar-refractivity contribution in [1.82, 2.24) is 4.90 Å². The molecule has 0 aliphatic carbocycles. The summed E-state index contributed by atoms with van der Waals surface area (Å²) < 4.78 is 51.2. The number of nitrogens with zero attached hydrogens (tertiary/aromatic N) is 2. The van der Waals surface area contributed by atoms with Crippen LogP contribution in [0.4, 0.5) is 14.5 Å². The third kappa shape index (κ3) is 4.40. The Hall–Kier alpha value is -1.75. The molecule has 0 radical (unpaired) electrons. The second-order valence-corrected chi connectivity index (χ2v) is 9.47. The molecule has 1 fully saturated rings. The molecule has 1 heterocycles. The molecule has 1 aliphatic heterocycles. The van der Waals surface area contributed by atoms with Crippen molar-refractivity contribution in [1.29, 1.82) is 0 Å². The average molecular weight is 506 g/mol. The second-order valence-electron chi connectivity index (χ2n) is 6.29. The van der Waals surface area contributed by atoms with Crippen molar-refractivity contribution in [2.75, 3.05) is 37.3 Å². The van der Waals surface area contributed by atoms with E-state index in [1.165, 1.54) is 24.3 Å². The molecule has 144 valence electrons. The maximum Gasteiger partial charge on any atom is 0.255 e. The number of rotatable bonds is 3. The summed E-state index contributed by atoms with van der Waals surface area (Å²) >= 11 is 2.00. The molecule has 5 nitrogen and oxygen atoms in total. The number of hydrogen-bond donors (Lipinski definition) is 0. The van der Waals surface area contributed by atoms with Crippen LogP contribution in [0.5, 0.6) is 0 Å².